The van der Waals surface area contributed by atoms with Gasteiger partial charge in [0, 0.05) is 0 Å². The molecule has 0 amide bonds. The van der Waals surface area contributed by atoms with Gasteiger partial charge in [0.2, 0.25) is 6.08 Å². The summed E-state index contributed by atoms with van der Waals surface area (Å²) in [7, 11) is 0. The third-order valence-electron chi connectivity index (χ3n) is 0. The van der Waals surface area contributed by atoms with Crippen molar-refractivity contribution in [2.45, 2.75) is 0 Å². The molecule has 24 valence electrons. The SMILES string of the molecule is N.N=C=O. The topological polar surface area (TPSA) is 75.9 Å². The van der Waals surface area contributed by atoms with Crippen LogP contribution in [0.3, 0.4) is 0 Å². The predicted molar refractivity (Wildman–Crippen MR) is 13.4 cm³/mol. The summed E-state index contributed by atoms with van der Waals surface area (Å²) >= 11 is 0. The summed E-state index contributed by atoms with van der Waals surface area (Å²) < 4.78 is 0. The summed E-state index contributed by atoms with van der Waals surface area (Å²) in [6.45, 7) is 0. The van der Waals surface area contributed by atoms with Crippen LogP contribution >= 0.6 is 0 Å². The van der Waals surface area contributed by atoms with Gasteiger partial charge in [0.1, 0.15) is 0 Å². The first kappa shape index (κ1) is 10.2. The average molecular weight is 60.1 g/mol. The Bertz CT molecular complexity index is 27.0. The maximum absolute atomic E-state index is 8.35. The van der Waals surface area contributed by atoms with E-state index in [0.717, 1.165) is 6.08 Å². The Kier molecular flexibility index (Phi) is 92.5. The fourth-order valence-electron chi connectivity index (χ4n) is 0. The second-order valence-electron chi connectivity index (χ2n) is 0.102. The summed E-state index contributed by atoms with van der Waals surface area (Å²) in [6.07, 6.45) is 0.750. The van der Waals surface area contributed by atoms with Gasteiger partial charge in [-0.05, 0) is 0 Å². The largest absolute Gasteiger partial charge is 0.344 e. The number of nitrogens with one attached hydrogen (secondary N) is 1. The molecule has 0 heterocycles. The minimum Gasteiger partial charge on any atom is -0.344 e. The highest BCUT2D eigenvalue weighted by Crippen LogP contribution is 0.868. The molecule has 0 atom stereocenters. The van der Waals surface area contributed by atoms with Gasteiger partial charge >= 0.3 is 0 Å². The lowest BCUT2D eigenvalue weighted by molar-refractivity contribution is 0.563. The van der Waals surface area contributed by atoms with E-state index < -0.39 is 0 Å². The van der Waals surface area contributed by atoms with Gasteiger partial charge in [0.25, 0.3) is 0 Å². The molecule has 0 spiro atoms. The Balaban J connectivity index is 0. The van der Waals surface area contributed by atoms with Gasteiger partial charge in [0.05, 0.1) is 0 Å². The lowest BCUT2D eigenvalue weighted by Gasteiger charge is -1.02. The standard InChI is InChI=1S/CHNO.H3N/c2-1-3;/h2H;1H3. The lowest BCUT2D eigenvalue weighted by atomic mass is 11.7. The molecule has 0 aliphatic carbocycles. The highest BCUT2D eigenvalue weighted by atomic mass is 16.1. The first-order chi connectivity index (χ1) is 1.41. The van der Waals surface area contributed by atoms with E-state index in [2.05, 4.69) is 0 Å². The average Bonchev–Trinajstić information content (AvgIpc) is 0.918. The van der Waals surface area contributed by atoms with E-state index in [-0.39, 0.29) is 6.15 Å². The Morgan fingerprint density at radius 3 is 1.75 bits per heavy atom. The summed E-state index contributed by atoms with van der Waals surface area (Å²) in [4.78, 5) is 8.35. The smallest absolute Gasteiger partial charge is 0.231 e. The van der Waals surface area contributed by atoms with Crippen LogP contribution in [0.1, 0.15) is 0 Å². The molecule has 4 heavy (non-hydrogen) atoms. The van der Waals surface area contributed by atoms with Crippen molar-refractivity contribution >= 4 is 6.08 Å². The molecule has 0 aromatic rings. The first-order valence-corrected chi connectivity index (χ1v) is 0.454. The van der Waals surface area contributed by atoms with Crippen molar-refractivity contribution in [2.24, 2.45) is 0 Å². The van der Waals surface area contributed by atoms with Crippen LogP contribution in [0.2, 0.25) is 0 Å². The molecule has 3 heteroatoms. The number of rotatable bonds is 0. The molecule has 0 aliphatic heterocycles. The second-order valence-corrected chi connectivity index (χ2v) is 0.102. The summed E-state index contributed by atoms with van der Waals surface area (Å²) in [5, 5.41) is 5.40. The zero-order valence-electron chi connectivity index (χ0n) is 2.12. The van der Waals surface area contributed by atoms with E-state index in [1.807, 2.05) is 0 Å². The molecular weight excluding hydrogens is 56.0 g/mol. The van der Waals surface area contributed by atoms with Crippen LogP contribution < -0.4 is 6.15 Å². The molecule has 0 rings (SSSR count). The molecule has 0 aromatic carbocycles. The Morgan fingerprint density at radius 2 is 1.75 bits per heavy atom. The molecule has 0 aliphatic rings. The normalized spacial score (nSPS) is 2.00. The van der Waals surface area contributed by atoms with Gasteiger partial charge < -0.3 is 6.15 Å². The van der Waals surface area contributed by atoms with Crippen molar-refractivity contribution in [3.05, 3.63) is 0 Å². The van der Waals surface area contributed by atoms with Crippen molar-refractivity contribution in [3.8, 4) is 0 Å². The van der Waals surface area contributed by atoms with Gasteiger partial charge in [0.15, 0.2) is 0 Å². The maximum Gasteiger partial charge on any atom is 0.231 e. The molecule has 0 saturated carbocycles. The van der Waals surface area contributed by atoms with Crippen LogP contribution in [-0.2, 0) is 4.79 Å². The quantitative estimate of drug-likeness (QED) is 0.306. The van der Waals surface area contributed by atoms with E-state index in [4.69, 9.17) is 10.2 Å². The zero-order valence-corrected chi connectivity index (χ0v) is 2.12. The fraction of sp³-hybridized carbons (Fsp3) is 0. The number of hydrogen-bond acceptors (Lipinski definition) is 3. The van der Waals surface area contributed by atoms with E-state index in [1.54, 1.807) is 0 Å². The van der Waals surface area contributed by atoms with Gasteiger partial charge in [-0.15, -0.1) is 0 Å². The van der Waals surface area contributed by atoms with Crippen LogP contribution in [0.15, 0.2) is 0 Å². The highest BCUT2D eigenvalue weighted by molar-refractivity contribution is 5.26. The molecule has 4 N–H and O–H groups in total. The molecule has 0 unspecified atom stereocenters. The van der Waals surface area contributed by atoms with Gasteiger partial charge in [-0.2, -0.15) is 0 Å². The van der Waals surface area contributed by atoms with Crippen molar-refractivity contribution < 1.29 is 4.79 Å². The van der Waals surface area contributed by atoms with E-state index in [1.165, 1.54) is 0 Å². The molecule has 0 fully saturated rings. The van der Waals surface area contributed by atoms with E-state index in [9.17, 15) is 0 Å². The number of hydrogen-bond donors (Lipinski definition) is 2. The molecule has 3 nitrogen and oxygen atoms in total. The van der Waals surface area contributed by atoms with Crippen LogP contribution in [0.5, 0.6) is 0 Å². The van der Waals surface area contributed by atoms with Gasteiger partial charge in [-0.3, -0.25) is 0 Å². The second kappa shape index (κ2) is 36.3. The lowest BCUT2D eigenvalue weighted by Crippen LogP contribution is -1.16. The molecule has 0 aromatic heterocycles. The Hall–Kier alpha value is -0.660. The zero-order chi connectivity index (χ0) is 2.71. The third-order valence-corrected chi connectivity index (χ3v) is 0. The van der Waals surface area contributed by atoms with Gasteiger partial charge in [-0.1, -0.05) is 0 Å². The number of carbonyl (C=O) groups excluding carboxylic acids is 1. The van der Waals surface area contributed by atoms with Crippen LogP contribution in [-0.4, -0.2) is 6.08 Å². The predicted octanol–water partition coefficient (Wildman–Crippen LogP) is 0.0630. The van der Waals surface area contributed by atoms with E-state index >= 15 is 0 Å². The minimum atomic E-state index is 0. The highest BCUT2D eigenvalue weighted by Gasteiger charge is 1.03. The first-order valence-electron chi connectivity index (χ1n) is 0.454. The maximum atomic E-state index is 8.35. The molecule has 0 saturated heterocycles. The Morgan fingerprint density at radius 1 is 1.75 bits per heavy atom. The Labute approximate surface area is 23.7 Å². The van der Waals surface area contributed by atoms with Crippen molar-refractivity contribution in [1.29, 1.82) is 5.41 Å². The molecule has 0 bridgehead atoms. The van der Waals surface area contributed by atoms with Crippen LogP contribution in [0, 0.1) is 5.41 Å². The molecule has 0 radical (unpaired) electrons. The summed E-state index contributed by atoms with van der Waals surface area (Å²) in [5.74, 6) is 0. The fourth-order valence-corrected chi connectivity index (χ4v) is 0. The monoisotopic (exact) mass is 60.0 g/mol. The van der Waals surface area contributed by atoms with Crippen LogP contribution in [0.4, 0.5) is 0 Å². The summed E-state index contributed by atoms with van der Waals surface area (Å²) in [6, 6.07) is 0. The van der Waals surface area contributed by atoms with Crippen LogP contribution in [0.25, 0.3) is 0 Å². The van der Waals surface area contributed by atoms with E-state index in [0.29, 0.717) is 0 Å². The van der Waals surface area contributed by atoms with Gasteiger partial charge in [-0.25, -0.2) is 10.2 Å². The molecular formula is CH4N2O. The van der Waals surface area contributed by atoms with Crippen molar-refractivity contribution in [1.82, 2.24) is 6.15 Å². The number of isocyanates is 1. The van der Waals surface area contributed by atoms with Crippen molar-refractivity contribution in [2.75, 3.05) is 0 Å². The minimum absolute atomic E-state index is 0. The summed E-state index contributed by atoms with van der Waals surface area (Å²) in [5.41, 5.74) is 0. The van der Waals surface area contributed by atoms with Crippen molar-refractivity contribution in [3.63, 3.8) is 0 Å². The third kappa shape index (κ3) is 0.356.